The van der Waals surface area contributed by atoms with Crippen molar-refractivity contribution in [1.82, 2.24) is 20.2 Å². The van der Waals surface area contributed by atoms with E-state index in [1.807, 2.05) is 39.8 Å². The third-order valence-corrected chi connectivity index (χ3v) is 3.13. The molecule has 20 heavy (non-hydrogen) atoms. The Balaban J connectivity index is 2.87. The van der Waals surface area contributed by atoms with Crippen LogP contribution in [0.25, 0.3) is 0 Å². The fraction of sp³-hybridized carbons (Fsp3) is 0.615. The Morgan fingerprint density at radius 2 is 2.05 bits per heavy atom. The van der Waals surface area contributed by atoms with Gasteiger partial charge in [0.15, 0.2) is 5.69 Å². The Bertz CT molecular complexity index is 460. The van der Waals surface area contributed by atoms with Gasteiger partial charge in [-0.05, 0) is 21.0 Å². The summed E-state index contributed by atoms with van der Waals surface area (Å²) in [5.41, 5.74) is 3.15. The first kappa shape index (κ1) is 16.3. The average molecular weight is 280 g/mol. The van der Waals surface area contributed by atoms with Gasteiger partial charge in [-0.25, -0.2) is 9.97 Å². The van der Waals surface area contributed by atoms with Gasteiger partial charge < -0.3 is 15.6 Å². The number of nitrogens with two attached hydrogens (primary N) is 1. The van der Waals surface area contributed by atoms with E-state index in [0.717, 1.165) is 0 Å². The second-order valence-corrected chi connectivity index (χ2v) is 5.31. The van der Waals surface area contributed by atoms with Gasteiger partial charge in [0.1, 0.15) is 5.82 Å². The van der Waals surface area contributed by atoms with Crippen LogP contribution in [0.1, 0.15) is 43.0 Å². The maximum Gasteiger partial charge on any atom is 0.272 e. The summed E-state index contributed by atoms with van der Waals surface area (Å²) in [5.74, 6) is 5.91. The molecule has 0 fully saturated rings. The highest BCUT2D eigenvalue weighted by molar-refractivity contribution is 5.97. The Labute approximate surface area is 119 Å². The molecule has 1 atom stereocenters. The summed E-state index contributed by atoms with van der Waals surface area (Å²) in [4.78, 5) is 22.7. The number of hydrogen-bond acceptors (Lipinski definition) is 6. The Morgan fingerprint density at radius 1 is 1.40 bits per heavy atom. The number of nitrogens with one attached hydrogen (secondary N) is 2. The number of aromatic nitrogens is 2. The van der Waals surface area contributed by atoms with E-state index in [0.29, 0.717) is 18.1 Å². The third kappa shape index (κ3) is 4.14. The molecule has 1 aromatic rings. The quantitative estimate of drug-likeness (QED) is 0.520. The van der Waals surface area contributed by atoms with Crippen molar-refractivity contribution in [2.45, 2.75) is 32.7 Å². The molecule has 1 unspecified atom stereocenters. The van der Waals surface area contributed by atoms with Gasteiger partial charge >= 0.3 is 0 Å². The normalized spacial score (nSPS) is 12.6. The third-order valence-electron chi connectivity index (χ3n) is 3.13. The Kier molecular flexibility index (Phi) is 5.84. The van der Waals surface area contributed by atoms with E-state index in [-0.39, 0.29) is 23.6 Å². The van der Waals surface area contributed by atoms with Crippen molar-refractivity contribution in [1.29, 1.82) is 0 Å². The number of carbonyl (C=O) groups excluding carboxylic acids is 1. The summed E-state index contributed by atoms with van der Waals surface area (Å²) in [6.45, 7) is 6.51. The van der Waals surface area contributed by atoms with Crippen LogP contribution in [0.2, 0.25) is 0 Å². The first-order valence-corrected chi connectivity index (χ1v) is 6.65. The van der Waals surface area contributed by atoms with Crippen LogP contribution in [0.4, 0.5) is 5.69 Å². The molecule has 0 aliphatic heterocycles. The number of anilines is 1. The summed E-state index contributed by atoms with van der Waals surface area (Å²) >= 11 is 0. The van der Waals surface area contributed by atoms with E-state index in [1.165, 1.54) is 6.20 Å². The second-order valence-electron chi connectivity index (χ2n) is 5.31. The average Bonchev–Trinajstić information content (AvgIpc) is 2.43. The lowest BCUT2D eigenvalue weighted by atomic mass is 10.2. The standard InChI is InChI=1S/C13H24N6O/c1-8(2)12-15-7-10(18-14)11(17-12)13(20)16-6-9(3)19(4)5/h7-9,18H,6,14H2,1-5H3,(H,16,20). The molecule has 0 spiro atoms. The monoisotopic (exact) mass is 280 g/mol. The van der Waals surface area contributed by atoms with Crippen molar-refractivity contribution in [3.8, 4) is 0 Å². The van der Waals surface area contributed by atoms with E-state index in [2.05, 4.69) is 20.7 Å². The topological polar surface area (TPSA) is 96.2 Å². The molecule has 7 heteroatoms. The first-order valence-electron chi connectivity index (χ1n) is 6.65. The molecular formula is C13H24N6O. The molecule has 4 N–H and O–H groups in total. The SMILES string of the molecule is CC(C)c1ncc(NN)c(C(=O)NCC(C)N(C)C)n1. The highest BCUT2D eigenvalue weighted by atomic mass is 16.1. The van der Waals surface area contributed by atoms with Crippen molar-refractivity contribution >= 4 is 11.6 Å². The molecule has 0 aliphatic carbocycles. The largest absolute Gasteiger partial charge is 0.349 e. The van der Waals surface area contributed by atoms with Crippen molar-refractivity contribution in [3.05, 3.63) is 17.7 Å². The van der Waals surface area contributed by atoms with Gasteiger partial charge in [0.25, 0.3) is 5.91 Å². The minimum absolute atomic E-state index is 0.147. The van der Waals surface area contributed by atoms with E-state index >= 15 is 0 Å². The van der Waals surface area contributed by atoms with Crippen molar-refractivity contribution in [2.24, 2.45) is 5.84 Å². The van der Waals surface area contributed by atoms with Gasteiger partial charge in [-0.3, -0.25) is 10.6 Å². The molecule has 7 nitrogen and oxygen atoms in total. The summed E-state index contributed by atoms with van der Waals surface area (Å²) < 4.78 is 0. The predicted molar refractivity (Wildman–Crippen MR) is 79.4 cm³/mol. The minimum Gasteiger partial charge on any atom is -0.349 e. The summed E-state index contributed by atoms with van der Waals surface area (Å²) in [5, 5.41) is 2.85. The molecule has 1 aromatic heterocycles. The van der Waals surface area contributed by atoms with Gasteiger partial charge in [-0.1, -0.05) is 13.8 Å². The molecule has 0 radical (unpaired) electrons. The lowest BCUT2D eigenvalue weighted by molar-refractivity contribution is 0.0939. The fourth-order valence-corrected chi connectivity index (χ4v) is 1.46. The molecule has 112 valence electrons. The number of likely N-dealkylation sites (N-methyl/N-ethyl adjacent to an activating group) is 1. The van der Waals surface area contributed by atoms with E-state index < -0.39 is 0 Å². The smallest absolute Gasteiger partial charge is 0.272 e. The number of carbonyl (C=O) groups is 1. The van der Waals surface area contributed by atoms with Gasteiger partial charge in [-0.15, -0.1) is 0 Å². The Morgan fingerprint density at radius 3 is 2.55 bits per heavy atom. The zero-order chi connectivity index (χ0) is 15.3. The maximum atomic E-state index is 12.2. The zero-order valence-electron chi connectivity index (χ0n) is 12.8. The molecule has 0 aromatic carbocycles. The number of nitrogen functional groups attached to an aromatic ring is 1. The van der Waals surface area contributed by atoms with E-state index in [1.54, 1.807) is 0 Å². The lowest BCUT2D eigenvalue weighted by Gasteiger charge is -2.20. The second kappa shape index (κ2) is 7.16. The van der Waals surface area contributed by atoms with Crippen LogP contribution in [0.5, 0.6) is 0 Å². The van der Waals surface area contributed by atoms with Crippen LogP contribution in [0.15, 0.2) is 6.20 Å². The van der Waals surface area contributed by atoms with Crippen LogP contribution in [0, 0.1) is 0 Å². The molecule has 0 aliphatic rings. The van der Waals surface area contributed by atoms with Crippen LogP contribution in [-0.2, 0) is 0 Å². The number of hydrogen-bond donors (Lipinski definition) is 3. The molecule has 1 amide bonds. The van der Waals surface area contributed by atoms with Gasteiger partial charge in [0, 0.05) is 18.5 Å². The van der Waals surface area contributed by atoms with E-state index in [4.69, 9.17) is 5.84 Å². The van der Waals surface area contributed by atoms with E-state index in [9.17, 15) is 4.79 Å². The maximum absolute atomic E-state index is 12.2. The summed E-state index contributed by atoms with van der Waals surface area (Å²) in [6, 6.07) is 0.236. The molecule has 0 bridgehead atoms. The van der Waals surface area contributed by atoms with Crippen LogP contribution in [-0.4, -0.2) is 47.5 Å². The lowest BCUT2D eigenvalue weighted by Crippen LogP contribution is -2.39. The minimum atomic E-state index is -0.254. The highest BCUT2D eigenvalue weighted by Gasteiger charge is 2.17. The molecule has 0 saturated heterocycles. The fourth-order valence-electron chi connectivity index (χ4n) is 1.46. The number of hydrazine groups is 1. The highest BCUT2D eigenvalue weighted by Crippen LogP contribution is 2.15. The van der Waals surface area contributed by atoms with Crippen LogP contribution < -0.4 is 16.6 Å². The van der Waals surface area contributed by atoms with Crippen LogP contribution in [0.3, 0.4) is 0 Å². The molecule has 1 heterocycles. The summed E-state index contributed by atoms with van der Waals surface area (Å²) in [6.07, 6.45) is 1.53. The van der Waals surface area contributed by atoms with Gasteiger partial charge in [-0.2, -0.15) is 0 Å². The predicted octanol–water partition coefficient (Wildman–Crippen LogP) is 0.566. The first-order chi connectivity index (χ1) is 9.36. The molecular weight excluding hydrogens is 256 g/mol. The Hall–Kier alpha value is -1.73. The van der Waals surface area contributed by atoms with Gasteiger partial charge in [0.2, 0.25) is 0 Å². The van der Waals surface area contributed by atoms with Crippen molar-refractivity contribution < 1.29 is 4.79 Å². The van der Waals surface area contributed by atoms with Crippen LogP contribution >= 0.6 is 0 Å². The molecule has 1 rings (SSSR count). The van der Waals surface area contributed by atoms with Crippen molar-refractivity contribution in [2.75, 3.05) is 26.1 Å². The van der Waals surface area contributed by atoms with Crippen molar-refractivity contribution in [3.63, 3.8) is 0 Å². The zero-order valence-corrected chi connectivity index (χ0v) is 12.8. The molecule has 0 saturated carbocycles. The number of rotatable bonds is 6. The van der Waals surface area contributed by atoms with Gasteiger partial charge in [0.05, 0.1) is 11.9 Å². The number of amides is 1. The number of nitrogens with zero attached hydrogens (tertiary/aromatic N) is 3. The summed E-state index contributed by atoms with van der Waals surface area (Å²) in [7, 11) is 3.93.